The maximum atomic E-state index is 12.6. The van der Waals surface area contributed by atoms with E-state index in [2.05, 4.69) is 16.4 Å². The van der Waals surface area contributed by atoms with Gasteiger partial charge in [-0.1, -0.05) is 43.0 Å². The molecule has 1 aliphatic carbocycles. The molecule has 0 atom stereocenters. The van der Waals surface area contributed by atoms with Crippen molar-refractivity contribution in [2.75, 3.05) is 5.32 Å². The van der Waals surface area contributed by atoms with Crippen molar-refractivity contribution in [2.45, 2.75) is 45.4 Å². The molecule has 1 heterocycles. The summed E-state index contributed by atoms with van der Waals surface area (Å²) in [5, 5.41) is 13.7. The molecular formula is C19H20ClN3OS. The Kier molecular flexibility index (Phi) is 5.41. The van der Waals surface area contributed by atoms with Crippen molar-refractivity contribution >= 4 is 34.0 Å². The van der Waals surface area contributed by atoms with Crippen LogP contribution in [0, 0.1) is 23.7 Å². The highest BCUT2D eigenvalue weighted by Crippen LogP contribution is 2.37. The van der Waals surface area contributed by atoms with E-state index >= 15 is 0 Å². The number of hydrogen-bond acceptors (Lipinski definition) is 4. The van der Waals surface area contributed by atoms with Crippen molar-refractivity contribution in [1.82, 2.24) is 4.98 Å². The summed E-state index contributed by atoms with van der Waals surface area (Å²) < 4.78 is 0. The van der Waals surface area contributed by atoms with Crippen LogP contribution in [0.2, 0.25) is 5.02 Å². The van der Waals surface area contributed by atoms with E-state index < -0.39 is 5.41 Å². The van der Waals surface area contributed by atoms with E-state index in [1.807, 2.05) is 25.1 Å². The van der Waals surface area contributed by atoms with Gasteiger partial charge in [0, 0.05) is 22.5 Å². The van der Waals surface area contributed by atoms with Gasteiger partial charge in [-0.25, -0.2) is 4.98 Å². The van der Waals surface area contributed by atoms with E-state index in [1.54, 1.807) is 6.20 Å². The number of aryl methyl sites for hydroxylation is 1. The maximum Gasteiger partial charge on any atom is 0.246 e. The van der Waals surface area contributed by atoms with Gasteiger partial charge < -0.3 is 5.32 Å². The summed E-state index contributed by atoms with van der Waals surface area (Å²) in [6.07, 6.45) is 6.71. The molecule has 1 N–H and O–H groups in total. The normalized spacial score (nSPS) is 16.2. The Hall–Kier alpha value is -1.90. The molecule has 4 nitrogen and oxygen atoms in total. The summed E-state index contributed by atoms with van der Waals surface area (Å²) in [6.45, 7) is 1.97. The lowest BCUT2D eigenvalue weighted by Crippen LogP contribution is -2.36. The van der Waals surface area contributed by atoms with Crippen molar-refractivity contribution in [3.8, 4) is 6.07 Å². The molecule has 6 heteroatoms. The van der Waals surface area contributed by atoms with E-state index in [9.17, 15) is 10.1 Å². The van der Waals surface area contributed by atoms with Gasteiger partial charge in [0.15, 0.2) is 5.13 Å². The summed E-state index contributed by atoms with van der Waals surface area (Å²) in [5.74, 6) is -0.214. The van der Waals surface area contributed by atoms with Gasteiger partial charge in [-0.3, -0.25) is 4.79 Å². The standard InChI is InChI=1S/C19H20ClN3OS/c1-13-5-6-14(10-16(13)20)9-15-11-22-18(25-15)23-17(24)19(12-21)7-3-2-4-8-19/h5-6,10-11H,2-4,7-9H2,1H3,(H,22,23,24). The summed E-state index contributed by atoms with van der Waals surface area (Å²) >= 11 is 7.62. The number of carbonyl (C=O) groups is 1. The average Bonchev–Trinajstić information content (AvgIpc) is 3.05. The molecule has 0 aliphatic heterocycles. The van der Waals surface area contributed by atoms with Crippen molar-refractivity contribution in [1.29, 1.82) is 5.26 Å². The lowest BCUT2D eigenvalue weighted by atomic mass is 9.74. The number of nitrogens with zero attached hydrogens (tertiary/aromatic N) is 2. The van der Waals surface area contributed by atoms with E-state index in [0.29, 0.717) is 18.0 Å². The van der Waals surface area contributed by atoms with E-state index in [0.717, 1.165) is 46.7 Å². The number of anilines is 1. The van der Waals surface area contributed by atoms with Crippen LogP contribution in [-0.2, 0) is 11.2 Å². The number of thiazole rings is 1. The monoisotopic (exact) mass is 373 g/mol. The molecule has 1 aliphatic rings. The summed E-state index contributed by atoms with van der Waals surface area (Å²) in [5.41, 5.74) is 1.27. The van der Waals surface area contributed by atoms with Crippen LogP contribution in [0.4, 0.5) is 5.13 Å². The summed E-state index contributed by atoms with van der Waals surface area (Å²) in [7, 11) is 0. The molecule has 1 aromatic heterocycles. The van der Waals surface area contributed by atoms with Gasteiger partial charge in [0.25, 0.3) is 0 Å². The van der Waals surface area contributed by atoms with Gasteiger partial charge in [0.05, 0.1) is 6.07 Å². The second-order valence-electron chi connectivity index (χ2n) is 6.60. The van der Waals surface area contributed by atoms with Crippen molar-refractivity contribution in [2.24, 2.45) is 5.41 Å². The smallest absolute Gasteiger partial charge is 0.246 e. The van der Waals surface area contributed by atoms with E-state index in [1.165, 1.54) is 11.3 Å². The minimum Gasteiger partial charge on any atom is -0.301 e. The molecule has 0 radical (unpaired) electrons. The van der Waals surface area contributed by atoms with Gasteiger partial charge in [-0.05, 0) is 37.0 Å². The number of halogens is 1. The van der Waals surface area contributed by atoms with Crippen molar-refractivity contribution in [3.05, 3.63) is 45.4 Å². The summed E-state index contributed by atoms with van der Waals surface area (Å²) in [6, 6.07) is 8.25. The lowest BCUT2D eigenvalue weighted by Gasteiger charge is -2.28. The molecule has 130 valence electrons. The van der Waals surface area contributed by atoms with Crippen LogP contribution < -0.4 is 5.32 Å². The van der Waals surface area contributed by atoms with E-state index in [-0.39, 0.29) is 5.91 Å². The van der Waals surface area contributed by atoms with Gasteiger partial charge in [-0.15, -0.1) is 11.3 Å². The zero-order chi connectivity index (χ0) is 17.9. The van der Waals surface area contributed by atoms with Crippen molar-refractivity contribution in [3.63, 3.8) is 0 Å². The third-order valence-electron chi connectivity index (χ3n) is 4.74. The van der Waals surface area contributed by atoms with Crippen LogP contribution in [0.5, 0.6) is 0 Å². The van der Waals surface area contributed by atoms with Gasteiger partial charge in [-0.2, -0.15) is 5.26 Å². The summed E-state index contributed by atoms with van der Waals surface area (Å²) in [4.78, 5) is 17.9. The first-order valence-electron chi connectivity index (χ1n) is 8.45. The SMILES string of the molecule is Cc1ccc(Cc2cnc(NC(=O)C3(C#N)CCCCC3)s2)cc1Cl. The van der Waals surface area contributed by atoms with Crippen LogP contribution in [0.3, 0.4) is 0 Å². The first-order chi connectivity index (χ1) is 12.0. The topological polar surface area (TPSA) is 65.8 Å². The Morgan fingerprint density at radius 3 is 2.84 bits per heavy atom. The molecule has 1 amide bonds. The number of aromatic nitrogens is 1. The van der Waals surface area contributed by atoms with Crippen LogP contribution in [0.1, 0.15) is 48.1 Å². The quantitative estimate of drug-likeness (QED) is 0.809. The van der Waals surface area contributed by atoms with E-state index in [4.69, 9.17) is 11.6 Å². The first-order valence-corrected chi connectivity index (χ1v) is 9.64. The Morgan fingerprint density at radius 1 is 1.40 bits per heavy atom. The fourth-order valence-electron chi connectivity index (χ4n) is 3.16. The predicted molar refractivity (Wildman–Crippen MR) is 101 cm³/mol. The van der Waals surface area contributed by atoms with Gasteiger partial charge in [0.1, 0.15) is 5.41 Å². The van der Waals surface area contributed by atoms with Crippen LogP contribution in [0.15, 0.2) is 24.4 Å². The minimum atomic E-state index is -0.894. The molecule has 1 saturated carbocycles. The number of rotatable bonds is 4. The molecule has 2 aromatic rings. The molecule has 0 saturated heterocycles. The number of amides is 1. The second-order valence-corrected chi connectivity index (χ2v) is 8.12. The zero-order valence-corrected chi connectivity index (χ0v) is 15.7. The van der Waals surface area contributed by atoms with Crippen molar-refractivity contribution < 1.29 is 4.79 Å². The minimum absolute atomic E-state index is 0.214. The van der Waals surface area contributed by atoms with Gasteiger partial charge in [0.2, 0.25) is 5.91 Å². The van der Waals surface area contributed by atoms with Crippen LogP contribution in [0.25, 0.3) is 0 Å². The Labute approximate surface area is 156 Å². The molecule has 3 rings (SSSR count). The maximum absolute atomic E-state index is 12.6. The largest absolute Gasteiger partial charge is 0.301 e. The fraction of sp³-hybridized carbons (Fsp3) is 0.421. The fourth-order valence-corrected chi connectivity index (χ4v) is 4.20. The predicted octanol–water partition coefficient (Wildman–Crippen LogP) is 5.11. The highest BCUT2D eigenvalue weighted by Gasteiger charge is 2.40. The first kappa shape index (κ1) is 17.9. The lowest BCUT2D eigenvalue weighted by molar-refractivity contribution is -0.124. The number of hydrogen-bond donors (Lipinski definition) is 1. The Morgan fingerprint density at radius 2 is 2.16 bits per heavy atom. The molecule has 0 spiro atoms. The third kappa shape index (κ3) is 4.02. The highest BCUT2D eigenvalue weighted by atomic mass is 35.5. The molecule has 25 heavy (non-hydrogen) atoms. The average molecular weight is 374 g/mol. The highest BCUT2D eigenvalue weighted by molar-refractivity contribution is 7.15. The number of benzene rings is 1. The molecule has 0 bridgehead atoms. The number of nitriles is 1. The van der Waals surface area contributed by atoms with Crippen LogP contribution in [-0.4, -0.2) is 10.9 Å². The molecule has 1 aromatic carbocycles. The van der Waals surface area contributed by atoms with Gasteiger partial charge >= 0.3 is 0 Å². The molecular weight excluding hydrogens is 354 g/mol. The number of carbonyl (C=O) groups excluding carboxylic acids is 1. The second kappa shape index (κ2) is 7.55. The molecule has 1 fully saturated rings. The Balaban J connectivity index is 1.68. The Bertz CT molecular complexity index is 818. The zero-order valence-electron chi connectivity index (χ0n) is 14.1. The number of nitrogens with one attached hydrogen (secondary N) is 1. The molecule has 0 unspecified atom stereocenters. The van der Waals surface area contributed by atoms with Crippen LogP contribution >= 0.6 is 22.9 Å². The third-order valence-corrected chi connectivity index (χ3v) is 6.06.